The van der Waals surface area contributed by atoms with E-state index >= 15 is 0 Å². The van der Waals surface area contributed by atoms with Gasteiger partial charge in [0, 0.05) is 11.4 Å². The summed E-state index contributed by atoms with van der Waals surface area (Å²) >= 11 is 7.62. The van der Waals surface area contributed by atoms with Crippen LogP contribution in [0.5, 0.6) is 0 Å². The number of sulfonamides is 1. The summed E-state index contributed by atoms with van der Waals surface area (Å²) in [7, 11) is -4.14. The fraction of sp³-hybridized carbons (Fsp3) is 0.286. The first-order valence-electron chi connectivity index (χ1n) is 9.92. The average molecular weight is 479 g/mol. The van der Waals surface area contributed by atoms with Crippen LogP contribution in [0, 0.1) is 5.82 Å². The van der Waals surface area contributed by atoms with E-state index in [-0.39, 0.29) is 16.9 Å². The van der Waals surface area contributed by atoms with Gasteiger partial charge in [-0.15, -0.1) is 11.3 Å². The van der Waals surface area contributed by atoms with Crippen molar-refractivity contribution in [2.75, 3.05) is 23.1 Å². The molecule has 2 N–H and O–H groups in total. The fourth-order valence-electron chi connectivity index (χ4n) is 4.23. The lowest BCUT2D eigenvalue weighted by molar-refractivity contribution is 0.116. The number of likely N-dealkylation sites (tertiary alicyclic amines) is 1. The molecule has 1 aromatic heterocycles. The Morgan fingerprint density at radius 1 is 1.19 bits per heavy atom. The van der Waals surface area contributed by atoms with Crippen LogP contribution in [0.25, 0.3) is 0 Å². The number of nitrogens with zero attached hydrogens (tertiary/aromatic N) is 2. The van der Waals surface area contributed by atoms with Gasteiger partial charge in [0.25, 0.3) is 10.0 Å². The van der Waals surface area contributed by atoms with Crippen molar-refractivity contribution in [3.8, 4) is 0 Å². The quantitative estimate of drug-likeness (QED) is 0.519. The summed E-state index contributed by atoms with van der Waals surface area (Å²) in [4.78, 5) is 5.81. The summed E-state index contributed by atoms with van der Waals surface area (Å²) in [6.45, 7) is 2.17. The average Bonchev–Trinajstić information content (AvgIpc) is 3.31. The van der Waals surface area contributed by atoms with Gasteiger partial charge in [0.15, 0.2) is 5.82 Å². The van der Waals surface area contributed by atoms with Gasteiger partial charge in [-0.25, -0.2) is 17.8 Å². The molecular weight excluding hydrogens is 459 g/mol. The molecule has 0 saturated carbocycles. The van der Waals surface area contributed by atoms with Crippen molar-refractivity contribution >= 4 is 44.5 Å². The van der Waals surface area contributed by atoms with Crippen molar-refractivity contribution in [1.29, 1.82) is 0 Å². The molecule has 0 spiro atoms. The Morgan fingerprint density at radius 2 is 1.97 bits per heavy atom. The van der Waals surface area contributed by atoms with Gasteiger partial charge in [0.1, 0.15) is 10.7 Å². The van der Waals surface area contributed by atoms with Gasteiger partial charge in [-0.3, -0.25) is 9.62 Å². The molecule has 2 atom stereocenters. The lowest BCUT2D eigenvalue weighted by atomic mass is 10.0. The number of rotatable bonds is 6. The third-order valence-corrected chi connectivity index (χ3v) is 8.10. The SMILES string of the molecule is O=S(=O)(Nc1cscn1)c1cc(Cl)c(N[C@@H]2C[C@H](N3CCC3)c3ccccc32)cc1F. The van der Waals surface area contributed by atoms with Crippen LogP contribution in [-0.2, 0) is 10.0 Å². The molecule has 10 heteroatoms. The zero-order chi connectivity index (χ0) is 21.6. The Kier molecular flexibility index (Phi) is 5.37. The summed E-state index contributed by atoms with van der Waals surface area (Å²) in [6.07, 6.45) is 2.06. The van der Waals surface area contributed by atoms with E-state index in [0.29, 0.717) is 11.7 Å². The molecule has 162 valence electrons. The van der Waals surface area contributed by atoms with Gasteiger partial charge in [0.05, 0.1) is 22.3 Å². The summed E-state index contributed by atoms with van der Waals surface area (Å²) in [5.41, 5.74) is 4.30. The van der Waals surface area contributed by atoms with Crippen LogP contribution in [0.3, 0.4) is 0 Å². The third kappa shape index (κ3) is 3.91. The van der Waals surface area contributed by atoms with Gasteiger partial charge >= 0.3 is 0 Å². The summed E-state index contributed by atoms with van der Waals surface area (Å²) in [6, 6.07) is 10.8. The molecule has 1 saturated heterocycles. The molecule has 0 unspecified atom stereocenters. The van der Waals surface area contributed by atoms with Crippen LogP contribution in [0.2, 0.25) is 5.02 Å². The molecule has 6 nitrogen and oxygen atoms in total. The van der Waals surface area contributed by atoms with Crippen LogP contribution >= 0.6 is 22.9 Å². The molecule has 2 heterocycles. The Labute approximate surface area is 189 Å². The van der Waals surface area contributed by atoms with Crippen LogP contribution in [0.4, 0.5) is 15.9 Å². The summed E-state index contributed by atoms with van der Waals surface area (Å²) in [5.74, 6) is -0.734. The molecular formula is C21H20ClFN4O2S2. The van der Waals surface area contributed by atoms with E-state index in [0.717, 1.165) is 37.2 Å². The smallest absolute Gasteiger partial charge is 0.266 e. The minimum atomic E-state index is -4.14. The van der Waals surface area contributed by atoms with E-state index in [1.807, 2.05) is 12.1 Å². The molecule has 2 aliphatic rings. The molecule has 3 aromatic rings. The lowest BCUT2D eigenvalue weighted by Crippen LogP contribution is -2.39. The Bertz CT molecular complexity index is 1220. The van der Waals surface area contributed by atoms with E-state index in [1.165, 1.54) is 34.2 Å². The Morgan fingerprint density at radius 3 is 2.65 bits per heavy atom. The standard InChI is InChI=1S/C21H20ClFN4O2S2/c22-15-8-20(31(28,29)26-21-11-30-12-24-21)16(23)9-18(15)25-17-10-19(27-6-3-7-27)14-5-2-1-4-13(14)17/h1-2,4-5,8-9,11-12,17,19,25-26H,3,6-7,10H2/t17-,19+/m1/s1. The third-order valence-electron chi connectivity index (χ3n) is 5.83. The van der Waals surface area contributed by atoms with Crippen molar-refractivity contribution < 1.29 is 12.8 Å². The second kappa shape index (κ2) is 8.05. The molecule has 1 fully saturated rings. The van der Waals surface area contributed by atoms with Crippen LogP contribution in [-0.4, -0.2) is 31.4 Å². The monoisotopic (exact) mass is 478 g/mol. The van der Waals surface area contributed by atoms with E-state index in [2.05, 4.69) is 32.1 Å². The minimum Gasteiger partial charge on any atom is -0.377 e. The topological polar surface area (TPSA) is 74.3 Å². The first-order chi connectivity index (χ1) is 14.9. The second-order valence-electron chi connectivity index (χ2n) is 7.71. The van der Waals surface area contributed by atoms with E-state index in [4.69, 9.17) is 11.6 Å². The molecule has 5 rings (SSSR count). The van der Waals surface area contributed by atoms with Gasteiger partial charge < -0.3 is 5.32 Å². The molecule has 31 heavy (non-hydrogen) atoms. The highest BCUT2D eigenvalue weighted by Crippen LogP contribution is 2.45. The van der Waals surface area contributed by atoms with Crippen molar-refractivity contribution in [2.45, 2.75) is 29.8 Å². The van der Waals surface area contributed by atoms with Crippen LogP contribution < -0.4 is 10.0 Å². The van der Waals surface area contributed by atoms with Crippen LogP contribution in [0.1, 0.15) is 36.1 Å². The number of nitrogens with one attached hydrogen (secondary N) is 2. The minimum absolute atomic E-state index is 0.0331. The van der Waals surface area contributed by atoms with Crippen molar-refractivity contribution in [3.05, 3.63) is 69.3 Å². The molecule has 0 amide bonds. The van der Waals surface area contributed by atoms with Crippen molar-refractivity contribution in [2.24, 2.45) is 0 Å². The second-order valence-corrected chi connectivity index (χ2v) is 10.5. The highest BCUT2D eigenvalue weighted by molar-refractivity contribution is 7.92. The number of aromatic nitrogens is 1. The van der Waals surface area contributed by atoms with E-state index in [9.17, 15) is 12.8 Å². The molecule has 1 aliphatic carbocycles. The Balaban J connectivity index is 1.41. The number of benzene rings is 2. The fourth-order valence-corrected chi connectivity index (χ4v) is 6.16. The summed E-state index contributed by atoms with van der Waals surface area (Å²) < 4.78 is 42.3. The van der Waals surface area contributed by atoms with Gasteiger partial charge in [-0.2, -0.15) is 0 Å². The number of anilines is 2. The van der Waals surface area contributed by atoms with E-state index in [1.54, 1.807) is 0 Å². The Hall–Kier alpha value is -2.20. The zero-order valence-electron chi connectivity index (χ0n) is 16.4. The molecule has 0 bridgehead atoms. The largest absolute Gasteiger partial charge is 0.377 e. The number of thiazole rings is 1. The highest BCUT2D eigenvalue weighted by Gasteiger charge is 2.36. The van der Waals surface area contributed by atoms with Crippen molar-refractivity contribution in [3.63, 3.8) is 0 Å². The molecule has 2 aromatic carbocycles. The molecule has 1 aliphatic heterocycles. The van der Waals surface area contributed by atoms with Crippen LogP contribution in [0.15, 0.2) is 52.2 Å². The predicted octanol–water partition coefficient (Wildman–Crippen LogP) is 5.04. The van der Waals surface area contributed by atoms with Gasteiger partial charge in [-0.05, 0) is 49.2 Å². The van der Waals surface area contributed by atoms with Crippen molar-refractivity contribution in [1.82, 2.24) is 9.88 Å². The molecule has 0 radical (unpaired) electrons. The number of hydrogen-bond acceptors (Lipinski definition) is 6. The van der Waals surface area contributed by atoms with Gasteiger partial charge in [-0.1, -0.05) is 35.9 Å². The number of halogens is 2. The maximum absolute atomic E-state index is 14.8. The number of fused-ring (bicyclic) bond motifs is 1. The maximum atomic E-state index is 14.8. The van der Waals surface area contributed by atoms with Gasteiger partial charge in [0.2, 0.25) is 0 Å². The first-order valence-corrected chi connectivity index (χ1v) is 12.7. The van der Waals surface area contributed by atoms with E-state index < -0.39 is 20.7 Å². The zero-order valence-corrected chi connectivity index (χ0v) is 18.8. The lowest BCUT2D eigenvalue weighted by Gasteiger charge is -2.37. The highest BCUT2D eigenvalue weighted by atomic mass is 35.5. The summed E-state index contributed by atoms with van der Waals surface area (Å²) in [5, 5.41) is 5.01. The maximum Gasteiger partial charge on any atom is 0.266 e. The predicted molar refractivity (Wildman–Crippen MR) is 121 cm³/mol. The first kappa shape index (κ1) is 20.7. The number of hydrogen-bond donors (Lipinski definition) is 2. The normalized spacial score (nSPS) is 20.8.